The van der Waals surface area contributed by atoms with Gasteiger partial charge in [-0.15, -0.1) is 0 Å². The normalized spacial score (nSPS) is 14.2. The standard InChI is InChI=1S/C16H19ClN4O/c1-11-7-13(14(22-2)8-12(11)17)20-15-9-16(19-10-18-15)21-5-3-4-6-21/h7-10H,3-6H2,1-2H3,(H,18,19,20). The minimum absolute atomic E-state index is 0.683. The Morgan fingerprint density at radius 2 is 1.95 bits per heavy atom. The van der Waals surface area contributed by atoms with Crippen LogP contribution in [0.3, 0.4) is 0 Å². The zero-order valence-electron chi connectivity index (χ0n) is 12.8. The lowest BCUT2D eigenvalue weighted by molar-refractivity contribution is 0.416. The first-order valence-corrected chi connectivity index (χ1v) is 7.73. The van der Waals surface area contributed by atoms with Crippen LogP contribution in [0.25, 0.3) is 0 Å². The second-order valence-corrected chi connectivity index (χ2v) is 5.79. The molecule has 116 valence electrons. The second-order valence-electron chi connectivity index (χ2n) is 5.38. The lowest BCUT2D eigenvalue weighted by Gasteiger charge is -2.17. The van der Waals surface area contributed by atoms with Gasteiger partial charge in [0.2, 0.25) is 0 Å². The smallest absolute Gasteiger partial charge is 0.143 e. The summed E-state index contributed by atoms with van der Waals surface area (Å²) in [6.45, 7) is 4.07. The van der Waals surface area contributed by atoms with E-state index in [0.717, 1.165) is 36.0 Å². The van der Waals surface area contributed by atoms with Gasteiger partial charge in [-0.25, -0.2) is 9.97 Å². The summed E-state index contributed by atoms with van der Waals surface area (Å²) < 4.78 is 5.38. The molecule has 1 N–H and O–H groups in total. The average molecular weight is 319 g/mol. The molecular formula is C16H19ClN4O. The van der Waals surface area contributed by atoms with E-state index >= 15 is 0 Å². The van der Waals surface area contributed by atoms with Crippen LogP contribution in [0.4, 0.5) is 17.3 Å². The molecule has 0 spiro atoms. The summed E-state index contributed by atoms with van der Waals surface area (Å²) in [6.07, 6.45) is 4.03. The Balaban J connectivity index is 1.86. The Morgan fingerprint density at radius 3 is 2.68 bits per heavy atom. The number of methoxy groups -OCH3 is 1. The molecule has 0 aliphatic carbocycles. The highest BCUT2D eigenvalue weighted by Gasteiger charge is 2.14. The fourth-order valence-electron chi connectivity index (χ4n) is 2.60. The van der Waals surface area contributed by atoms with Crippen molar-refractivity contribution in [2.24, 2.45) is 0 Å². The topological polar surface area (TPSA) is 50.3 Å². The maximum absolute atomic E-state index is 6.14. The Morgan fingerprint density at radius 1 is 1.18 bits per heavy atom. The molecule has 1 fully saturated rings. The van der Waals surface area contributed by atoms with E-state index in [4.69, 9.17) is 16.3 Å². The molecule has 5 nitrogen and oxygen atoms in total. The summed E-state index contributed by atoms with van der Waals surface area (Å²) in [6, 6.07) is 5.73. The van der Waals surface area contributed by atoms with E-state index in [0.29, 0.717) is 10.8 Å². The van der Waals surface area contributed by atoms with E-state index in [1.807, 2.05) is 25.1 Å². The van der Waals surface area contributed by atoms with Gasteiger partial charge in [-0.2, -0.15) is 0 Å². The number of halogens is 1. The van der Waals surface area contributed by atoms with Crippen LogP contribution in [0, 0.1) is 6.92 Å². The van der Waals surface area contributed by atoms with E-state index in [2.05, 4.69) is 20.2 Å². The van der Waals surface area contributed by atoms with Crippen LogP contribution < -0.4 is 15.0 Å². The number of hydrogen-bond acceptors (Lipinski definition) is 5. The van der Waals surface area contributed by atoms with Crippen LogP contribution in [0.15, 0.2) is 24.5 Å². The maximum atomic E-state index is 6.14. The number of aromatic nitrogens is 2. The highest BCUT2D eigenvalue weighted by molar-refractivity contribution is 6.31. The lowest BCUT2D eigenvalue weighted by atomic mass is 10.2. The molecule has 0 atom stereocenters. The lowest BCUT2D eigenvalue weighted by Crippen LogP contribution is -2.19. The van der Waals surface area contributed by atoms with Gasteiger partial charge in [0.05, 0.1) is 12.8 Å². The SMILES string of the molecule is COc1cc(Cl)c(C)cc1Nc1cc(N2CCCC2)ncn1. The van der Waals surface area contributed by atoms with Crippen molar-refractivity contribution in [2.45, 2.75) is 19.8 Å². The number of ether oxygens (including phenoxy) is 1. The van der Waals surface area contributed by atoms with E-state index in [1.165, 1.54) is 12.8 Å². The van der Waals surface area contributed by atoms with Gasteiger partial charge in [-0.3, -0.25) is 0 Å². The molecule has 0 amide bonds. The number of hydrogen-bond donors (Lipinski definition) is 1. The Kier molecular flexibility index (Phi) is 4.34. The number of aryl methyl sites for hydroxylation is 1. The maximum Gasteiger partial charge on any atom is 0.143 e. The Hall–Kier alpha value is -2.01. The minimum Gasteiger partial charge on any atom is -0.495 e. The Bertz CT molecular complexity index is 671. The van der Waals surface area contributed by atoms with Crippen molar-refractivity contribution in [3.8, 4) is 5.75 Å². The molecule has 0 radical (unpaired) electrons. The van der Waals surface area contributed by atoms with Crippen LogP contribution in [0.1, 0.15) is 18.4 Å². The monoisotopic (exact) mass is 318 g/mol. The van der Waals surface area contributed by atoms with E-state index in [9.17, 15) is 0 Å². The number of anilines is 3. The molecule has 2 heterocycles. The van der Waals surface area contributed by atoms with Crippen LogP contribution in [-0.4, -0.2) is 30.2 Å². The molecule has 1 saturated heterocycles. The van der Waals surface area contributed by atoms with E-state index in [-0.39, 0.29) is 0 Å². The van der Waals surface area contributed by atoms with Crippen molar-refractivity contribution in [3.05, 3.63) is 35.1 Å². The summed E-state index contributed by atoms with van der Waals surface area (Å²) in [4.78, 5) is 10.9. The van der Waals surface area contributed by atoms with Gasteiger partial charge in [-0.1, -0.05) is 11.6 Å². The minimum atomic E-state index is 0.683. The molecule has 1 aliphatic rings. The summed E-state index contributed by atoms with van der Waals surface area (Å²) in [7, 11) is 1.63. The average Bonchev–Trinajstić information content (AvgIpc) is 3.05. The number of rotatable bonds is 4. The zero-order chi connectivity index (χ0) is 15.5. The third-order valence-corrected chi connectivity index (χ3v) is 4.23. The zero-order valence-corrected chi connectivity index (χ0v) is 13.5. The molecule has 1 aromatic carbocycles. The van der Waals surface area contributed by atoms with Crippen molar-refractivity contribution in [3.63, 3.8) is 0 Å². The predicted molar refractivity (Wildman–Crippen MR) is 89.5 cm³/mol. The van der Waals surface area contributed by atoms with Gasteiger partial charge in [0.15, 0.2) is 0 Å². The van der Waals surface area contributed by atoms with Gasteiger partial charge >= 0.3 is 0 Å². The number of benzene rings is 1. The second kappa shape index (κ2) is 6.40. The van der Waals surface area contributed by atoms with Crippen LogP contribution in [0.2, 0.25) is 5.02 Å². The molecule has 22 heavy (non-hydrogen) atoms. The molecule has 2 aromatic rings. The highest BCUT2D eigenvalue weighted by atomic mass is 35.5. The third kappa shape index (κ3) is 3.09. The molecule has 0 unspecified atom stereocenters. The van der Waals surface area contributed by atoms with Crippen molar-refractivity contribution in [2.75, 3.05) is 30.4 Å². The largest absolute Gasteiger partial charge is 0.495 e. The number of nitrogens with one attached hydrogen (secondary N) is 1. The molecule has 0 saturated carbocycles. The highest BCUT2D eigenvalue weighted by Crippen LogP contribution is 2.33. The van der Waals surface area contributed by atoms with Crippen molar-refractivity contribution in [1.82, 2.24) is 9.97 Å². The van der Waals surface area contributed by atoms with Crippen LogP contribution >= 0.6 is 11.6 Å². The predicted octanol–water partition coefficient (Wildman–Crippen LogP) is 3.79. The Labute approximate surface area is 135 Å². The first-order valence-electron chi connectivity index (χ1n) is 7.35. The summed E-state index contributed by atoms with van der Waals surface area (Å²) in [5.41, 5.74) is 1.83. The fraction of sp³-hybridized carbons (Fsp3) is 0.375. The first-order chi connectivity index (χ1) is 10.7. The van der Waals surface area contributed by atoms with Gasteiger partial charge < -0.3 is 15.0 Å². The van der Waals surface area contributed by atoms with Crippen molar-refractivity contribution >= 4 is 28.9 Å². The molecular weight excluding hydrogens is 300 g/mol. The van der Waals surface area contributed by atoms with Crippen LogP contribution in [0.5, 0.6) is 5.75 Å². The summed E-state index contributed by atoms with van der Waals surface area (Å²) in [5, 5.41) is 3.98. The van der Waals surface area contributed by atoms with Crippen molar-refractivity contribution < 1.29 is 4.74 Å². The summed E-state index contributed by atoms with van der Waals surface area (Å²) in [5.74, 6) is 2.40. The molecule has 1 aromatic heterocycles. The van der Waals surface area contributed by atoms with Gasteiger partial charge in [0.25, 0.3) is 0 Å². The van der Waals surface area contributed by atoms with E-state index in [1.54, 1.807) is 13.4 Å². The fourth-order valence-corrected chi connectivity index (χ4v) is 2.76. The molecule has 6 heteroatoms. The van der Waals surface area contributed by atoms with Gasteiger partial charge in [0, 0.05) is 30.2 Å². The third-order valence-electron chi connectivity index (χ3n) is 3.83. The summed E-state index contributed by atoms with van der Waals surface area (Å²) >= 11 is 6.14. The molecule has 0 bridgehead atoms. The molecule has 1 aliphatic heterocycles. The van der Waals surface area contributed by atoms with Gasteiger partial charge in [-0.05, 0) is 31.4 Å². The van der Waals surface area contributed by atoms with Crippen molar-refractivity contribution in [1.29, 1.82) is 0 Å². The molecule has 3 rings (SSSR count). The van der Waals surface area contributed by atoms with Gasteiger partial charge in [0.1, 0.15) is 23.7 Å². The van der Waals surface area contributed by atoms with Crippen LogP contribution in [-0.2, 0) is 0 Å². The van der Waals surface area contributed by atoms with E-state index < -0.39 is 0 Å². The quantitative estimate of drug-likeness (QED) is 0.929. The number of nitrogens with zero attached hydrogens (tertiary/aromatic N) is 3. The first kappa shape index (κ1) is 14.9.